The summed E-state index contributed by atoms with van der Waals surface area (Å²) in [6.07, 6.45) is -1.06. The van der Waals surface area contributed by atoms with Crippen molar-refractivity contribution in [2.75, 3.05) is 11.9 Å². The molecule has 0 heterocycles. The second-order valence-corrected chi connectivity index (χ2v) is 9.11. The molecule has 3 aromatic rings. The molecule has 3 amide bonds. The molecule has 3 aromatic carbocycles. The Morgan fingerprint density at radius 2 is 1.41 bits per heavy atom. The normalized spacial score (nSPS) is 11.9. The van der Waals surface area contributed by atoms with Gasteiger partial charge in [0.05, 0.1) is 6.42 Å². The summed E-state index contributed by atoms with van der Waals surface area (Å²) in [7, 11) is 0. The summed E-state index contributed by atoms with van der Waals surface area (Å²) >= 11 is 0. The van der Waals surface area contributed by atoms with Crippen molar-refractivity contribution in [1.29, 1.82) is 0 Å². The Hall–Kier alpha value is -5.60. The average Bonchev–Trinajstić information content (AvgIpc) is 2.99. The molecule has 2 atom stereocenters. The average molecular weight is 618 g/mol. The lowest BCUT2D eigenvalue weighted by Crippen LogP contribution is -2.53. The summed E-state index contributed by atoms with van der Waals surface area (Å²) in [5.74, 6) is -16.4. The largest absolute Gasteiger partial charge is 0.481 e. The molecule has 15 heteroatoms. The third-order valence-corrected chi connectivity index (χ3v) is 5.95. The van der Waals surface area contributed by atoms with Crippen molar-refractivity contribution in [3.05, 3.63) is 89.5 Å². The van der Waals surface area contributed by atoms with Gasteiger partial charge in [0.15, 0.2) is 35.7 Å². The van der Waals surface area contributed by atoms with E-state index in [0.717, 1.165) is 12.5 Å². The number of nitrogens with one attached hydrogen (secondary N) is 3. The zero-order valence-corrected chi connectivity index (χ0v) is 22.7. The third kappa shape index (κ3) is 8.24. The van der Waals surface area contributed by atoms with Crippen LogP contribution in [0.2, 0.25) is 0 Å². The lowest BCUT2D eigenvalue weighted by molar-refractivity contribution is -0.141. The van der Waals surface area contributed by atoms with Crippen LogP contribution >= 0.6 is 0 Å². The number of para-hydroxylation sites is 1. The van der Waals surface area contributed by atoms with Crippen LogP contribution in [0.1, 0.15) is 23.7 Å². The van der Waals surface area contributed by atoms with Crippen LogP contribution in [0.4, 0.5) is 23.2 Å². The Bertz CT molecular complexity index is 1590. The van der Waals surface area contributed by atoms with Gasteiger partial charge in [-0.15, -0.1) is 0 Å². The van der Waals surface area contributed by atoms with Crippen LogP contribution < -0.4 is 16.0 Å². The zero-order valence-electron chi connectivity index (χ0n) is 22.7. The lowest BCUT2D eigenvalue weighted by Gasteiger charge is -2.20. The minimum absolute atomic E-state index is 0.155. The first-order chi connectivity index (χ1) is 20.8. The molecular formula is C29H23F4N3O8. The minimum atomic E-state index is -2.09. The summed E-state index contributed by atoms with van der Waals surface area (Å²) in [6, 6.07) is 12.0. The standard InChI is InChI=1S/C29H23F4N3O8/c1-14(34-27(41)28(42)35-19-10-6-5-9-16(19)15-7-3-2-4-8-15)26(40)36-20(12-22(38)39)21(37)13-44-29(43)23-24(32)17(30)11-18(31)25(23)33/h2-11,14,20H,12-13H2,1H3,(H,34,41)(H,35,42)(H,36,40)(H,38,39)/t14-,20-/m0/s1. The van der Waals surface area contributed by atoms with Gasteiger partial charge < -0.3 is 25.8 Å². The van der Waals surface area contributed by atoms with Gasteiger partial charge in [0.2, 0.25) is 5.91 Å². The van der Waals surface area contributed by atoms with E-state index < -0.39 is 89.4 Å². The van der Waals surface area contributed by atoms with Gasteiger partial charge in [0.1, 0.15) is 17.6 Å². The topological polar surface area (TPSA) is 168 Å². The van der Waals surface area contributed by atoms with Crippen LogP contribution in [-0.2, 0) is 28.7 Å². The monoisotopic (exact) mass is 617 g/mol. The van der Waals surface area contributed by atoms with Gasteiger partial charge in [0, 0.05) is 17.3 Å². The van der Waals surface area contributed by atoms with Crippen LogP contribution in [-0.4, -0.2) is 59.2 Å². The first-order valence-corrected chi connectivity index (χ1v) is 12.6. The molecule has 0 unspecified atom stereocenters. The number of ether oxygens (including phenoxy) is 1. The van der Waals surface area contributed by atoms with Gasteiger partial charge in [-0.1, -0.05) is 48.5 Å². The number of halogens is 4. The number of carboxylic acids is 1. The molecule has 0 radical (unpaired) electrons. The Morgan fingerprint density at radius 3 is 2.02 bits per heavy atom. The van der Waals surface area contributed by atoms with Crippen LogP contribution in [0, 0.1) is 23.3 Å². The van der Waals surface area contributed by atoms with Gasteiger partial charge >= 0.3 is 23.8 Å². The predicted molar refractivity (Wildman–Crippen MR) is 144 cm³/mol. The molecule has 0 bridgehead atoms. The molecule has 0 aliphatic carbocycles. The molecule has 44 heavy (non-hydrogen) atoms. The van der Waals surface area contributed by atoms with Gasteiger partial charge in [-0.2, -0.15) is 0 Å². The van der Waals surface area contributed by atoms with Crippen LogP contribution in [0.5, 0.6) is 0 Å². The van der Waals surface area contributed by atoms with Crippen molar-refractivity contribution in [1.82, 2.24) is 10.6 Å². The summed E-state index contributed by atoms with van der Waals surface area (Å²) in [5.41, 5.74) is -0.132. The predicted octanol–water partition coefficient (Wildman–Crippen LogP) is 2.74. The number of ketones is 1. The zero-order chi connectivity index (χ0) is 32.6. The second-order valence-electron chi connectivity index (χ2n) is 9.11. The number of hydrogen-bond acceptors (Lipinski definition) is 7. The number of carbonyl (C=O) groups is 6. The maximum atomic E-state index is 13.8. The number of Topliss-reactive ketones (excluding diaryl/α,β-unsaturated/α-hetero) is 1. The van der Waals surface area contributed by atoms with Gasteiger partial charge in [-0.25, -0.2) is 22.4 Å². The number of anilines is 1. The first kappa shape index (κ1) is 32.9. The number of carbonyl (C=O) groups excluding carboxylic acids is 5. The summed E-state index contributed by atoms with van der Waals surface area (Å²) in [5, 5.41) is 15.6. The Labute approximate surface area is 246 Å². The van der Waals surface area contributed by atoms with Crippen LogP contribution in [0.15, 0.2) is 60.7 Å². The number of amides is 3. The lowest BCUT2D eigenvalue weighted by atomic mass is 10.0. The Kier molecular flexibility index (Phi) is 10.9. The number of esters is 1. The fraction of sp³-hybridized carbons (Fsp3) is 0.172. The summed E-state index contributed by atoms with van der Waals surface area (Å²) < 4.78 is 58.8. The minimum Gasteiger partial charge on any atom is -0.481 e. The van der Waals surface area contributed by atoms with Crippen molar-refractivity contribution in [2.45, 2.75) is 25.4 Å². The summed E-state index contributed by atoms with van der Waals surface area (Å²) in [6.45, 7) is -0.247. The maximum absolute atomic E-state index is 13.8. The van der Waals surface area contributed by atoms with Crippen molar-refractivity contribution >= 4 is 41.1 Å². The third-order valence-electron chi connectivity index (χ3n) is 5.95. The molecule has 0 saturated carbocycles. The molecule has 3 rings (SSSR count). The van der Waals surface area contributed by atoms with E-state index in [1.807, 2.05) is 5.32 Å². The van der Waals surface area contributed by atoms with Crippen molar-refractivity contribution in [3.63, 3.8) is 0 Å². The van der Waals surface area contributed by atoms with E-state index in [9.17, 15) is 46.3 Å². The highest BCUT2D eigenvalue weighted by atomic mass is 19.2. The van der Waals surface area contributed by atoms with E-state index in [4.69, 9.17) is 5.11 Å². The molecule has 0 aliphatic heterocycles. The van der Waals surface area contributed by atoms with E-state index in [1.165, 1.54) is 0 Å². The Balaban J connectivity index is 1.62. The SMILES string of the molecule is C[C@H](NC(=O)C(=O)Nc1ccccc1-c1ccccc1)C(=O)N[C@@H](CC(=O)O)C(=O)COC(=O)c1c(F)c(F)cc(F)c1F. The van der Waals surface area contributed by atoms with E-state index >= 15 is 0 Å². The van der Waals surface area contributed by atoms with Gasteiger partial charge in [0.25, 0.3) is 0 Å². The fourth-order valence-electron chi connectivity index (χ4n) is 3.75. The van der Waals surface area contributed by atoms with E-state index in [1.54, 1.807) is 54.6 Å². The smallest absolute Gasteiger partial charge is 0.344 e. The molecule has 0 saturated heterocycles. The number of carboxylic acid groups (broad SMARTS) is 1. The van der Waals surface area contributed by atoms with Gasteiger partial charge in [-0.05, 0) is 18.6 Å². The van der Waals surface area contributed by atoms with Crippen molar-refractivity contribution in [2.24, 2.45) is 0 Å². The fourth-order valence-corrected chi connectivity index (χ4v) is 3.75. The second kappa shape index (κ2) is 14.5. The quantitative estimate of drug-likeness (QED) is 0.110. The highest BCUT2D eigenvalue weighted by molar-refractivity contribution is 6.40. The van der Waals surface area contributed by atoms with E-state index in [-0.39, 0.29) is 6.07 Å². The molecule has 4 N–H and O–H groups in total. The molecular weight excluding hydrogens is 594 g/mol. The highest BCUT2D eigenvalue weighted by Crippen LogP contribution is 2.27. The molecule has 0 spiro atoms. The van der Waals surface area contributed by atoms with Gasteiger partial charge in [-0.3, -0.25) is 24.0 Å². The van der Waals surface area contributed by atoms with Crippen molar-refractivity contribution in [3.8, 4) is 11.1 Å². The van der Waals surface area contributed by atoms with Crippen LogP contribution in [0.25, 0.3) is 11.1 Å². The molecule has 0 fully saturated rings. The molecule has 0 aliphatic rings. The first-order valence-electron chi connectivity index (χ1n) is 12.6. The number of rotatable bonds is 11. The number of hydrogen-bond donors (Lipinski definition) is 4. The number of aliphatic carboxylic acids is 1. The molecule has 230 valence electrons. The molecule has 11 nitrogen and oxygen atoms in total. The maximum Gasteiger partial charge on any atom is 0.344 e. The van der Waals surface area contributed by atoms with E-state index in [2.05, 4.69) is 15.4 Å². The van der Waals surface area contributed by atoms with Crippen molar-refractivity contribution < 1.29 is 56.2 Å². The van der Waals surface area contributed by atoms with E-state index in [0.29, 0.717) is 11.3 Å². The Morgan fingerprint density at radius 1 is 0.818 bits per heavy atom. The molecule has 0 aromatic heterocycles. The van der Waals surface area contributed by atoms with Crippen LogP contribution in [0.3, 0.4) is 0 Å². The highest BCUT2D eigenvalue weighted by Gasteiger charge is 2.30. The number of benzene rings is 3. The summed E-state index contributed by atoms with van der Waals surface area (Å²) in [4.78, 5) is 73.4.